The van der Waals surface area contributed by atoms with Crippen LogP contribution in [0.3, 0.4) is 0 Å². The molecule has 2 N–H and O–H groups in total. The molecule has 0 aliphatic carbocycles. The molecule has 0 aromatic heterocycles. The normalized spacial score (nSPS) is 10.9. The van der Waals surface area contributed by atoms with Crippen molar-refractivity contribution in [3.8, 4) is 11.5 Å². The second-order valence-corrected chi connectivity index (χ2v) is 7.44. The number of rotatable bonds is 8. The molecule has 0 unspecified atom stereocenters. The molecule has 0 atom stereocenters. The zero-order valence-corrected chi connectivity index (χ0v) is 17.8. The molecular formula is C23H32N2O3. The van der Waals surface area contributed by atoms with E-state index < -0.39 is 0 Å². The van der Waals surface area contributed by atoms with Crippen LogP contribution < -0.4 is 20.1 Å². The van der Waals surface area contributed by atoms with Crippen molar-refractivity contribution in [1.29, 1.82) is 0 Å². The van der Waals surface area contributed by atoms with Crippen LogP contribution in [0.4, 0.5) is 10.5 Å². The number of carbonyl (C=O) groups excluding carboxylic acids is 1. The maximum atomic E-state index is 12.5. The van der Waals surface area contributed by atoms with Crippen LogP contribution in [0, 0.1) is 0 Å². The van der Waals surface area contributed by atoms with Crippen molar-refractivity contribution in [2.75, 3.05) is 26.1 Å². The van der Waals surface area contributed by atoms with E-state index in [1.165, 1.54) is 0 Å². The van der Waals surface area contributed by atoms with Gasteiger partial charge in [0.15, 0.2) is 11.5 Å². The maximum absolute atomic E-state index is 12.5. The van der Waals surface area contributed by atoms with Gasteiger partial charge in [-0.3, -0.25) is 0 Å². The van der Waals surface area contributed by atoms with E-state index in [1.54, 1.807) is 14.2 Å². The van der Waals surface area contributed by atoms with Gasteiger partial charge in [0.2, 0.25) is 0 Å². The van der Waals surface area contributed by atoms with Gasteiger partial charge in [0.25, 0.3) is 0 Å². The first-order valence-corrected chi connectivity index (χ1v) is 9.75. The van der Waals surface area contributed by atoms with E-state index in [0.717, 1.165) is 22.4 Å². The number of nitrogens with one attached hydrogen (secondary N) is 2. The predicted molar refractivity (Wildman–Crippen MR) is 115 cm³/mol. The summed E-state index contributed by atoms with van der Waals surface area (Å²) < 4.78 is 10.6. The molecule has 2 amide bonds. The molecule has 0 spiro atoms. The fraction of sp³-hybridized carbons (Fsp3) is 0.435. The zero-order valence-electron chi connectivity index (χ0n) is 17.8. The van der Waals surface area contributed by atoms with E-state index in [0.29, 0.717) is 36.3 Å². The highest BCUT2D eigenvalue weighted by molar-refractivity contribution is 5.91. The van der Waals surface area contributed by atoms with E-state index in [9.17, 15) is 4.79 Å². The van der Waals surface area contributed by atoms with Gasteiger partial charge in [-0.1, -0.05) is 52.0 Å². The highest BCUT2D eigenvalue weighted by atomic mass is 16.5. The first-order valence-electron chi connectivity index (χ1n) is 9.75. The van der Waals surface area contributed by atoms with Crippen molar-refractivity contribution in [2.45, 2.75) is 46.0 Å². The van der Waals surface area contributed by atoms with Crippen LogP contribution in [0.2, 0.25) is 0 Å². The summed E-state index contributed by atoms with van der Waals surface area (Å²) >= 11 is 0. The van der Waals surface area contributed by atoms with E-state index in [1.807, 2.05) is 18.2 Å². The fourth-order valence-electron chi connectivity index (χ4n) is 3.21. The second kappa shape index (κ2) is 10.0. The number of urea groups is 1. The Hall–Kier alpha value is -2.69. The van der Waals surface area contributed by atoms with Gasteiger partial charge in [-0.15, -0.1) is 0 Å². The summed E-state index contributed by atoms with van der Waals surface area (Å²) in [6.07, 6.45) is 0.705. The van der Waals surface area contributed by atoms with E-state index in [4.69, 9.17) is 9.47 Å². The number of methoxy groups -OCH3 is 2. The molecular weight excluding hydrogens is 352 g/mol. The highest BCUT2D eigenvalue weighted by Gasteiger charge is 2.15. The maximum Gasteiger partial charge on any atom is 0.319 e. The van der Waals surface area contributed by atoms with Gasteiger partial charge >= 0.3 is 6.03 Å². The number of hydrogen-bond donors (Lipinski definition) is 2. The van der Waals surface area contributed by atoms with E-state index >= 15 is 0 Å². The molecule has 5 nitrogen and oxygen atoms in total. The molecule has 5 heteroatoms. The van der Waals surface area contributed by atoms with Gasteiger partial charge in [0, 0.05) is 12.2 Å². The molecule has 2 rings (SSSR count). The molecule has 0 fully saturated rings. The molecule has 0 aliphatic rings. The smallest absolute Gasteiger partial charge is 0.319 e. The van der Waals surface area contributed by atoms with Crippen LogP contribution in [0.5, 0.6) is 11.5 Å². The number of hydrogen-bond acceptors (Lipinski definition) is 3. The Morgan fingerprint density at radius 2 is 1.54 bits per heavy atom. The van der Waals surface area contributed by atoms with Crippen LogP contribution in [0.1, 0.15) is 56.2 Å². The number of anilines is 1. The third-order valence-corrected chi connectivity index (χ3v) is 4.76. The third-order valence-electron chi connectivity index (χ3n) is 4.76. The predicted octanol–water partition coefficient (Wildman–Crippen LogP) is 5.31. The summed E-state index contributed by atoms with van der Waals surface area (Å²) in [5, 5.41) is 6.03. The minimum Gasteiger partial charge on any atom is -0.493 e. The van der Waals surface area contributed by atoms with Crippen molar-refractivity contribution in [1.82, 2.24) is 5.32 Å². The molecule has 0 heterocycles. The zero-order chi connectivity index (χ0) is 20.7. The van der Waals surface area contributed by atoms with Gasteiger partial charge in [-0.25, -0.2) is 4.79 Å². The number of para-hydroxylation sites is 1. The van der Waals surface area contributed by atoms with Crippen molar-refractivity contribution in [3.05, 3.63) is 53.1 Å². The fourth-order valence-corrected chi connectivity index (χ4v) is 3.21. The molecule has 152 valence electrons. The molecule has 0 saturated carbocycles. The highest BCUT2D eigenvalue weighted by Crippen LogP contribution is 2.32. The lowest BCUT2D eigenvalue weighted by molar-refractivity contribution is 0.252. The molecule has 28 heavy (non-hydrogen) atoms. The Kier molecular flexibility index (Phi) is 7.73. The molecule has 0 aliphatic heterocycles. The summed E-state index contributed by atoms with van der Waals surface area (Å²) in [6, 6.07) is 11.8. The topological polar surface area (TPSA) is 59.6 Å². The average molecular weight is 385 g/mol. The Bertz CT molecular complexity index is 774. The van der Waals surface area contributed by atoms with E-state index in [2.05, 4.69) is 56.5 Å². The average Bonchev–Trinajstić information content (AvgIpc) is 2.67. The molecule has 0 radical (unpaired) electrons. The first-order chi connectivity index (χ1) is 13.4. The van der Waals surface area contributed by atoms with Gasteiger partial charge < -0.3 is 20.1 Å². The number of amides is 2. The molecule has 0 saturated heterocycles. The van der Waals surface area contributed by atoms with Gasteiger partial charge in [-0.2, -0.15) is 0 Å². The minimum atomic E-state index is -0.185. The van der Waals surface area contributed by atoms with E-state index in [-0.39, 0.29) is 6.03 Å². The molecule has 2 aromatic carbocycles. The molecule has 0 bridgehead atoms. The standard InChI is InChI=1S/C23H32N2O3/c1-15(2)18-8-7-9-19(16(3)4)22(18)25-23(26)24-13-12-17-10-11-20(27-5)21(14-17)28-6/h7-11,14-16H,12-13H2,1-6H3,(H2,24,25,26). The Morgan fingerprint density at radius 1 is 0.929 bits per heavy atom. The van der Waals surface area contributed by atoms with Crippen molar-refractivity contribution >= 4 is 11.7 Å². The van der Waals surface area contributed by atoms with Gasteiger partial charge in [0.1, 0.15) is 0 Å². The second-order valence-electron chi connectivity index (χ2n) is 7.44. The number of ether oxygens (including phenoxy) is 2. The van der Waals surface area contributed by atoms with Crippen LogP contribution in [0.15, 0.2) is 36.4 Å². The lowest BCUT2D eigenvalue weighted by Crippen LogP contribution is -2.31. The van der Waals surface area contributed by atoms with Gasteiger partial charge in [0.05, 0.1) is 14.2 Å². The van der Waals surface area contributed by atoms with Crippen molar-refractivity contribution < 1.29 is 14.3 Å². The summed E-state index contributed by atoms with van der Waals surface area (Å²) in [5.74, 6) is 2.06. The lowest BCUT2D eigenvalue weighted by Gasteiger charge is -2.20. The van der Waals surface area contributed by atoms with Crippen molar-refractivity contribution in [2.24, 2.45) is 0 Å². The summed E-state index contributed by atoms with van der Waals surface area (Å²) in [6.45, 7) is 9.08. The minimum absolute atomic E-state index is 0.185. The lowest BCUT2D eigenvalue weighted by atomic mass is 9.93. The summed E-state index contributed by atoms with van der Waals surface area (Å²) in [7, 11) is 3.23. The monoisotopic (exact) mass is 384 g/mol. The van der Waals surface area contributed by atoms with Crippen LogP contribution >= 0.6 is 0 Å². The van der Waals surface area contributed by atoms with Crippen molar-refractivity contribution in [3.63, 3.8) is 0 Å². The quantitative estimate of drug-likeness (QED) is 0.648. The summed E-state index contributed by atoms with van der Waals surface area (Å²) in [4.78, 5) is 12.5. The summed E-state index contributed by atoms with van der Waals surface area (Å²) in [5.41, 5.74) is 4.31. The largest absolute Gasteiger partial charge is 0.493 e. The van der Waals surface area contributed by atoms with Crippen LogP contribution in [-0.4, -0.2) is 26.8 Å². The third kappa shape index (κ3) is 5.41. The Morgan fingerprint density at radius 3 is 2.07 bits per heavy atom. The Labute approximate surface area is 168 Å². The first kappa shape index (κ1) is 21.6. The van der Waals surface area contributed by atoms with Gasteiger partial charge in [-0.05, 0) is 47.1 Å². The number of carbonyl (C=O) groups is 1. The molecule has 2 aromatic rings. The SMILES string of the molecule is COc1ccc(CCNC(=O)Nc2c(C(C)C)cccc2C(C)C)cc1OC. The van der Waals surface area contributed by atoms with Crippen LogP contribution in [-0.2, 0) is 6.42 Å². The van der Waals surface area contributed by atoms with Crippen LogP contribution in [0.25, 0.3) is 0 Å². The Balaban J connectivity index is 2.02. The number of benzene rings is 2.